The Morgan fingerprint density at radius 2 is 2.00 bits per heavy atom. The van der Waals surface area contributed by atoms with Gasteiger partial charge >= 0.3 is 12.0 Å². The smallest absolute Gasteiger partial charge is 0.326 e. The number of nitrogens with one attached hydrogen (secondary N) is 1. The number of amides is 2. The van der Waals surface area contributed by atoms with E-state index < -0.39 is 12.0 Å². The first kappa shape index (κ1) is 12.8. The highest BCUT2D eigenvalue weighted by Gasteiger charge is 2.26. The summed E-state index contributed by atoms with van der Waals surface area (Å²) in [5, 5.41) is 11.4. The summed E-state index contributed by atoms with van der Waals surface area (Å²) in [6.45, 7) is 1.74. The predicted molar refractivity (Wildman–Crippen MR) is 60.3 cm³/mol. The van der Waals surface area contributed by atoms with Crippen molar-refractivity contribution in [3.63, 3.8) is 0 Å². The van der Waals surface area contributed by atoms with Gasteiger partial charge < -0.3 is 15.3 Å². The maximum atomic E-state index is 11.8. The van der Waals surface area contributed by atoms with E-state index in [1.165, 1.54) is 0 Å². The average Bonchev–Trinajstić information content (AvgIpc) is 2.77. The predicted octanol–water partition coefficient (Wildman–Crippen LogP) is 1.43. The fourth-order valence-corrected chi connectivity index (χ4v) is 2.05. The van der Waals surface area contributed by atoms with Crippen LogP contribution in [-0.2, 0) is 4.79 Å². The molecule has 0 heterocycles. The van der Waals surface area contributed by atoms with Crippen LogP contribution in [0.3, 0.4) is 0 Å². The maximum absolute atomic E-state index is 11.8. The number of aliphatic carboxylic acids is 1. The molecule has 1 saturated carbocycles. The molecule has 92 valence electrons. The molecular weight excluding hydrogens is 208 g/mol. The lowest BCUT2D eigenvalue weighted by atomic mass is 10.2. The van der Waals surface area contributed by atoms with E-state index in [1.807, 2.05) is 0 Å². The minimum atomic E-state index is -0.976. The molecule has 0 saturated heterocycles. The van der Waals surface area contributed by atoms with Gasteiger partial charge in [-0.25, -0.2) is 9.59 Å². The van der Waals surface area contributed by atoms with Crippen molar-refractivity contribution in [3.8, 4) is 0 Å². The molecule has 0 radical (unpaired) electrons. The van der Waals surface area contributed by atoms with Crippen LogP contribution in [0.2, 0.25) is 0 Å². The van der Waals surface area contributed by atoms with Gasteiger partial charge in [-0.3, -0.25) is 0 Å². The molecule has 0 aromatic carbocycles. The van der Waals surface area contributed by atoms with Gasteiger partial charge in [-0.15, -0.1) is 0 Å². The van der Waals surface area contributed by atoms with Gasteiger partial charge in [0.15, 0.2) is 0 Å². The maximum Gasteiger partial charge on any atom is 0.326 e. The minimum Gasteiger partial charge on any atom is -0.480 e. The Kier molecular flexibility index (Phi) is 4.58. The Balaban J connectivity index is 2.46. The average molecular weight is 228 g/mol. The van der Waals surface area contributed by atoms with Gasteiger partial charge in [0.2, 0.25) is 0 Å². The highest BCUT2D eigenvalue weighted by molar-refractivity contribution is 5.82. The van der Waals surface area contributed by atoms with E-state index >= 15 is 0 Å². The Hall–Kier alpha value is -1.26. The number of urea groups is 1. The van der Waals surface area contributed by atoms with Gasteiger partial charge in [-0.05, 0) is 19.3 Å². The van der Waals surface area contributed by atoms with Gasteiger partial charge in [0.25, 0.3) is 0 Å². The fraction of sp³-hybridized carbons (Fsp3) is 0.818. The molecule has 1 aliphatic rings. The second-order valence-corrected chi connectivity index (χ2v) is 4.30. The van der Waals surface area contributed by atoms with Gasteiger partial charge in [-0.2, -0.15) is 0 Å². The zero-order valence-corrected chi connectivity index (χ0v) is 9.90. The van der Waals surface area contributed by atoms with Crippen molar-refractivity contribution in [1.82, 2.24) is 10.2 Å². The van der Waals surface area contributed by atoms with Gasteiger partial charge in [0, 0.05) is 13.1 Å². The van der Waals surface area contributed by atoms with E-state index in [9.17, 15) is 9.59 Å². The summed E-state index contributed by atoms with van der Waals surface area (Å²) in [6.07, 6.45) is 4.75. The lowest BCUT2D eigenvalue weighted by molar-refractivity contribution is -0.139. The van der Waals surface area contributed by atoms with Crippen molar-refractivity contribution in [2.45, 2.75) is 51.1 Å². The number of carbonyl (C=O) groups is 2. The molecule has 1 aliphatic carbocycles. The van der Waals surface area contributed by atoms with Crippen molar-refractivity contribution in [1.29, 1.82) is 0 Å². The Morgan fingerprint density at radius 1 is 1.44 bits per heavy atom. The van der Waals surface area contributed by atoms with Crippen molar-refractivity contribution < 1.29 is 14.7 Å². The van der Waals surface area contributed by atoms with Crippen LogP contribution in [0.25, 0.3) is 0 Å². The number of carboxylic acid groups (broad SMARTS) is 1. The van der Waals surface area contributed by atoms with Crippen LogP contribution in [0.15, 0.2) is 0 Å². The molecule has 5 nitrogen and oxygen atoms in total. The summed E-state index contributed by atoms with van der Waals surface area (Å²) in [7, 11) is 1.74. The van der Waals surface area contributed by atoms with Crippen molar-refractivity contribution in [3.05, 3.63) is 0 Å². The fourth-order valence-electron chi connectivity index (χ4n) is 2.05. The Morgan fingerprint density at radius 3 is 2.44 bits per heavy atom. The number of rotatable bonds is 4. The molecule has 0 aromatic heterocycles. The van der Waals surface area contributed by atoms with E-state index in [-0.39, 0.29) is 12.1 Å². The lowest BCUT2D eigenvalue weighted by Gasteiger charge is -2.26. The van der Waals surface area contributed by atoms with E-state index in [1.54, 1.807) is 18.9 Å². The largest absolute Gasteiger partial charge is 0.480 e. The number of carbonyl (C=O) groups excluding carboxylic acids is 1. The van der Waals surface area contributed by atoms with E-state index in [2.05, 4.69) is 5.32 Å². The SMILES string of the molecule is CC[C@@H](NC(=O)N(C)C1CCCC1)C(=O)O. The third kappa shape index (κ3) is 3.12. The normalized spacial score (nSPS) is 18.1. The van der Waals surface area contributed by atoms with Crippen LogP contribution in [0.1, 0.15) is 39.0 Å². The monoisotopic (exact) mass is 228 g/mol. The zero-order valence-electron chi connectivity index (χ0n) is 9.90. The topological polar surface area (TPSA) is 69.6 Å². The molecule has 0 unspecified atom stereocenters. The molecule has 0 aromatic rings. The summed E-state index contributed by atoms with van der Waals surface area (Å²) >= 11 is 0. The lowest BCUT2D eigenvalue weighted by Crippen LogP contribution is -2.49. The van der Waals surface area contributed by atoms with Crippen molar-refractivity contribution in [2.75, 3.05) is 7.05 Å². The van der Waals surface area contributed by atoms with Gasteiger partial charge in [0.05, 0.1) is 0 Å². The van der Waals surface area contributed by atoms with Crippen LogP contribution in [0, 0.1) is 0 Å². The summed E-state index contributed by atoms with van der Waals surface area (Å²) in [6, 6.07) is -0.788. The van der Waals surface area contributed by atoms with E-state index in [0.717, 1.165) is 25.7 Å². The molecule has 0 aliphatic heterocycles. The number of carboxylic acids is 1. The first-order valence-electron chi connectivity index (χ1n) is 5.82. The van der Waals surface area contributed by atoms with Crippen LogP contribution in [0.5, 0.6) is 0 Å². The molecule has 1 atom stereocenters. The molecule has 0 bridgehead atoms. The molecule has 2 amide bonds. The second kappa shape index (κ2) is 5.72. The highest BCUT2D eigenvalue weighted by Crippen LogP contribution is 2.22. The van der Waals surface area contributed by atoms with E-state index in [4.69, 9.17) is 5.11 Å². The van der Waals surface area contributed by atoms with Gasteiger partial charge in [-0.1, -0.05) is 19.8 Å². The number of hydrogen-bond donors (Lipinski definition) is 2. The third-order valence-corrected chi connectivity index (χ3v) is 3.20. The summed E-state index contributed by atoms with van der Waals surface area (Å²) in [4.78, 5) is 24.2. The molecule has 5 heteroatoms. The minimum absolute atomic E-state index is 0.270. The van der Waals surface area contributed by atoms with E-state index in [0.29, 0.717) is 6.42 Å². The Labute approximate surface area is 95.8 Å². The standard InChI is InChI=1S/C11H20N2O3/c1-3-9(10(14)15)12-11(16)13(2)8-6-4-5-7-8/h8-9H,3-7H2,1-2H3,(H,12,16)(H,14,15)/t9-/m1/s1. The van der Waals surface area contributed by atoms with Crippen LogP contribution < -0.4 is 5.32 Å². The quantitative estimate of drug-likeness (QED) is 0.764. The number of nitrogens with zero attached hydrogens (tertiary/aromatic N) is 1. The summed E-state index contributed by atoms with van der Waals surface area (Å²) < 4.78 is 0. The molecule has 1 rings (SSSR count). The molecular formula is C11H20N2O3. The third-order valence-electron chi connectivity index (χ3n) is 3.20. The highest BCUT2D eigenvalue weighted by atomic mass is 16.4. The van der Waals surface area contributed by atoms with Crippen LogP contribution in [0.4, 0.5) is 4.79 Å². The molecule has 0 spiro atoms. The van der Waals surface area contributed by atoms with Gasteiger partial charge in [0.1, 0.15) is 6.04 Å². The first-order chi connectivity index (χ1) is 7.56. The molecule has 1 fully saturated rings. The number of hydrogen-bond acceptors (Lipinski definition) is 2. The van der Waals surface area contributed by atoms with Crippen molar-refractivity contribution >= 4 is 12.0 Å². The van der Waals surface area contributed by atoms with Crippen molar-refractivity contribution in [2.24, 2.45) is 0 Å². The molecule has 2 N–H and O–H groups in total. The zero-order chi connectivity index (χ0) is 12.1. The Bertz CT molecular complexity index is 262. The van der Waals surface area contributed by atoms with Crippen LogP contribution >= 0.6 is 0 Å². The second-order valence-electron chi connectivity index (χ2n) is 4.30. The summed E-state index contributed by atoms with van der Waals surface area (Å²) in [5.41, 5.74) is 0. The molecule has 16 heavy (non-hydrogen) atoms. The summed E-state index contributed by atoms with van der Waals surface area (Å²) in [5.74, 6) is -0.976. The first-order valence-corrected chi connectivity index (χ1v) is 5.82. The van der Waals surface area contributed by atoms with Crippen LogP contribution in [-0.4, -0.2) is 41.1 Å².